The van der Waals surface area contributed by atoms with Crippen molar-refractivity contribution in [1.29, 1.82) is 0 Å². The first kappa shape index (κ1) is 13.3. The van der Waals surface area contributed by atoms with Gasteiger partial charge in [-0.3, -0.25) is 9.59 Å². The van der Waals surface area contributed by atoms with Crippen LogP contribution in [0.2, 0.25) is 0 Å². The van der Waals surface area contributed by atoms with E-state index in [9.17, 15) is 9.59 Å². The maximum atomic E-state index is 11.8. The molecule has 1 N–H and O–H groups in total. The van der Waals surface area contributed by atoms with Gasteiger partial charge in [-0.15, -0.1) is 0 Å². The highest BCUT2D eigenvalue weighted by atomic mass is 16.5. The molecule has 1 aromatic rings. The number of aliphatic carboxylic acids is 1. The summed E-state index contributed by atoms with van der Waals surface area (Å²) < 4.78 is 6.46. The second-order valence-electron chi connectivity index (χ2n) is 4.23. The van der Waals surface area contributed by atoms with Crippen molar-refractivity contribution in [3.63, 3.8) is 0 Å². The Labute approximate surface area is 99.6 Å². The largest absolute Gasteiger partial charge is 0.488 e. The van der Waals surface area contributed by atoms with Gasteiger partial charge < -0.3 is 14.4 Å². The van der Waals surface area contributed by atoms with Crippen LogP contribution in [0.1, 0.15) is 20.3 Å². The molecule has 1 rings (SSSR count). The normalized spacial score (nSPS) is 10.5. The summed E-state index contributed by atoms with van der Waals surface area (Å²) in [5, 5.41) is 8.63. The molecule has 0 saturated heterocycles. The summed E-state index contributed by atoms with van der Waals surface area (Å²) in [6.45, 7) is 4.25. The SMILES string of the molecule is CC(C)CCOc1cccn(CC(=O)O)c1=O. The molecular weight excluding hydrogens is 222 g/mol. The van der Waals surface area contributed by atoms with Crippen LogP contribution in [0, 0.1) is 5.92 Å². The Balaban J connectivity index is 2.73. The monoisotopic (exact) mass is 239 g/mol. The van der Waals surface area contributed by atoms with Crippen LogP contribution in [0.5, 0.6) is 5.75 Å². The molecule has 0 bridgehead atoms. The van der Waals surface area contributed by atoms with E-state index in [0.29, 0.717) is 12.5 Å². The zero-order chi connectivity index (χ0) is 12.8. The molecule has 0 amide bonds. The minimum atomic E-state index is -1.05. The van der Waals surface area contributed by atoms with Gasteiger partial charge in [0.1, 0.15) is 6.54 Å². The summed E-state index contributed by atoms with van der Waals surface area (Å²) in [6, 6.07) is 3.16. The Morgan fingerprint density at radius 1 is 1.53 bits per heavy atom. The minimum Gasteiger partial charge on any atom is -0.488 e. The van der Waals surface area contributed by atoms with E-state index in [4.69, 9.17) is 9.84 Å². The third-order valence-corrected chi connectivity index (χ3v) is 2.24. The fraction of sp³-hybridized carbons (Fsp3) is 0.500. The standard InChI is InChI=1S/C12H17NO4/c1-9(2)5-7-17-10-4-3-6-13(12(10)16)8-11(14)15/h3-4,6,9H,5,7-8H2,1-2H3,(H,14,15). The quantitative estimate of drug-likeness (QED) is 0.813. The number of aromatic nitrogens is 1. The summed E-state index contributed by atoms with van der Waals surface area (Å²) >= 11 is 0. The number of rotatable bonds is 6. The van der Waals surface area contributed by atoms with Gasteiger partial charge >= 0.3 is 5.97 Å². The van der Waals surface area contributed by atoms with E-state index < -0.39 is 11.5 Å². The first-order chi connectivity index (χ1) is 8.00. The molecule has 0 aromatic carbocycles. The molecule has 17 heavy (non-hydrogen) atoms. The van der Waals surface area contributed by atoms with Crippen LogP contribution < -0.4 is 10.3 Å². The first-order valence-corrected chi connectivity index (χ1v) is 5.54. The zero-order valence-electron chi connectivity index (χ0n) is 10.0. The summed E-state index contributed by atoms with van der Waals surface area (Å²) in [7, 11) is 0. The summed E-state index contributed by atoms with van der Waals surface area (Å²) in [4.78, 5) is 22.3. The molecule has 94 valence electrons. The summed E-state index contributed by atoms with van der Waals surface area (Å²) in [5.74, 6) is -0.346. The molecule has 1 aromatic heterocycles. The molecule has 0 atom stereocenters. The number of carbonyl (C=O) groups is 1. The molecule has 0 aliphatic rings. The molecule has 1 heterocycles. The number of ether oxygens (including phenoxy) is 1. The van der Waals surface area contributed by atoms with Crippen LogP contribution in [-0.2, 0) is 11.3 Å². The highest BCUT2D eigenvalue weighted by molar-refractivity contribution is 5.66. The lowest BCUT2D eigenvalue weighted by Gasteiger charge is -2.09. The van der Waals surface area contributed by atoms with Gasteiger partial charge in [0.2, 0.25) is 0 Å². The molecule has 0 saturated carbocycles. The van der Waals surface area contributed by atoms with Gasteiger partial charge in [0.25, 0.3) is 5.56 Å². The van der Waals surface area contributed by atoms with Crippen LogP contribution in [-0.4, -0.2) is 22.2 Å². The van der Waals surface area contributed by atoms with E-state index in [2.05, 4.69) is 13.8 Å². The van der Waals surface area contributed by atoms with Gasteiger partial charge in [0.15, 0.2) is 5.75 Å². The third kappa shape index (κ3) is 4.30. The minimum absolute atomic E-state index is 0.203. The second-order valence-corrected chi connectivity index (χ2v) is 4.23. The average molecular weight is 239 g/mol. The zero-order valence-corrected chi connectivity index (χ0v) is 10.0. The van der Waals surface area contributed by atoms with Gasteiger partial charge in [0.05, 0.1) is 6.61 Å². The Bertz CT molecular complexity index is 436. The van der Waals surface area contributed by atoms with Crippen molar-refractivity contribution in [1.82, 2.24) is 4.57 Å². The lowest BCUT2D eigenvalue weighted by Crippen LogP contribution is -2.25. The third-order valence-electron chi connectivity index (χ3n) is 2.24. The summed E-state index contributed by atoms with van der Waals surface area (Å²) in [5.41, 5.74) is -0.404. The summed E-state index contributed by atoms with van der Waals surface area (Å²) in [6.07, 6.45) is 2.29. The number of hydrogen-bond acceptors (Lipinski definition) is 3. The highest BCUT2D eigenvalue weighted by Crippen LogP contribution is 2.05. The van der Waals surface area contributed by atoms with Crippen molar-refractivity contribution >= 4 is 5.97 Å². The van der Waals surface area contributed by atoms with Crippen molar-refractivity contribution in [2.75, 3.05) is 6.61 Å². The Kier molecular flexibility index (Phi) is 4.75. The maximum absolute atomic E-state index is 11.8. The van der Waals surface area contributed by atoms with E-state index >= 15 is 0 Å². The van der Waals surface area contributed by atoms with E-state index in [1.165, 1.54) is 6.20 Å². The maximum Gasteiger partial charge on any atom is 0.323 e. The molecule has 0 aliphatic heterocycles. The van der Waals surface area contributed by atoms with Crippen molar-refractivity contribution in [2.24, 2.45) is 5.92 Å². The van der Waals surface area contributed by atoms with Gasteiger partial charge in [0, 0.05) is 6.20 Å². The fourth-order valence-corrected chi connectivity index (χ4v) is 1.30. The molecule has 0 fully saturated rings. The smallest absolute Gasteiger partial charge is 0.323 e. The average Bonchev–Trinajstić information content (AvgIpc) is 2.22. The molecule has 0 spiro atoms. The van der Waals surface area contributed by atoms with Crippen molar-refractivity contribution in [3.8, 4) is 5.75 Å². The van der Waals surface area contributed by atoms with E-state index in [1.54, 1.807) is 12.1 Å². The van der Waals surface area contributed by atoms with Gasteiger partial charge in [-0.2, -0.15) is 0 Å². The fourth-order valence-electron chi connectivity index (χ4n) is 1.30. The van der Waals surface area contributed by atoms with Crippen molar-refractivity contribution in [3.05, 3.63) is 28.7 Å². The Morgan fingerprint density at radius 2 is 2.24 bits per heavy atom. The second kappa shape index (κ2) is 6.08. The number of hydrogen-bond donors (Lipinski definition) is 1. The predicted molar refractivity (Wildman–Crippen MR) is 63.3 cm³/mol. The Morgan fingerprint density at radius 3 is 2.82 bits per heavy atom. The number of carboxylic acids is 1. The van der Waals surface area contributed by atoms with E-state index in [1.807, 2.05) is 0 Å². The Hall–Kier alpha value is -1.78. The van der Waals surface area contributed by atoms with Crippen molar-refractivity contribution in [2.45, 2.75) is 26.8 Å². The molecule has 0 unspecified atom stereocenters. The molecule has 5 heteroatoms. The topological polar surface area (TPSA) is 68.5 Å². The highest BCUT2D eigenvalue weighted by Gasteiger charge is 2.07. The lowest BCUT2D eigenvalue weighted by atomic mass is 10.1. The van der Waals surface area contributed by atoms with Crippen LogP contribution in [0.15, 0.2) is 23.1 Å². The van der Waals surface area contributed by atoms with E-state index in [0.717, 1.165) is 11.0 Å². The van der Waals surface area contributed by atoms with E-state index in [-0.39, 0.29) is 12.3 Å². The molecular formula is C12H17NO4. The predicted octanol–water partition coefficient (Wildman–Crippen LogP) is 1.36. The number of carboxylic acid groups (broad SMARTS) is 1. The van der Waals surface area contributed by atoms with Crippen LogP contribution in [0.3, 0.4) is 0 Å². The van der Waals surface area contributed by atoms with Gasteiger partial charge in [-0.05, 0) is 24.5 Å². The molecule has 0 radical (unpaired) electrons. The lowest BCUT2D eigenvalue weighted by molar-refractivity contribution is -0.137. The van der Waals surface area contributed by atoms with Gasteiger partial charge in [-0.1, -0.05) is 13.8 Å². The van der Waals surface area contributed by atoms with Crippen LogP contribution >= 0.6 is 0 Å². The van der Waals surface area contributed by atoms with Crippen LogP contribution in [0.25, 0.3) is 0 Å². The van der Waals surface area contributed by atoms with Crippen molar-refractivity contribution < 1.29 is 14.6 Å². The number of nitrogens with zero attached hydrogens (tertiary/aromatic N) is 1. The first-order valence-electron chi connectivity index (χ1n) is 5.54. The molecule has 5 nitrogen and oxygen atoms in total. The number of pyridine rings is 1. The van der Waals surface area contributed by atoms with Crippen LogP contribution in [0.4, 0.5) is 0 Å². The molecule has 0 aliphatic carbocycles. The van der Waals surface area contributed by atoms with Gasteiger partial charge in [-0.25, -0.2) is 0 Å².